The summed E-state index contributed by atoms with van der Waals surface area (Å²) in [5.41, 5.74) is 1.46. The predicted octanol–water partition coefficient (Wildman–Crippen LogP) is 3.20. The standard InChI is InChI=1S/C13H16ClN/c14-11-3-1-9(2-4-11)13-7-10(13)8-15-12-5-6-12/h1-4,10,12-13,15H,5-8H2. The fraction of sp³-hybridized carbons (Fsp3) is 0.538. The Kier molecular flexibility index (Phi) is 2.45. The van der Waals surface area contributed by atoms with E-state index < -0.39 is 0 Å². The van der Waals surface area contributed by atoms with Crippen LogP contribution in [-0.4, -0.2) is 12.6 Å². The summed E-state index contributed by atoms with van der Waals surface area (Å²) in [6.45, 7) is 1.21. The fourth-order valence-corrected chi connectivity index (χ4v) is 2.32. The molecule has 0 aromatic heterocycles. The van der Waals surface area contributed by atoms with E-state index in [-0.39, 0.29) is 0 Å². The first kappa shape index (κ1) is 9.68. The molecule has 0 amide bonds. The average Bonchev–Trinajstić information content (AvgIpc) is 3.12. The van der Waals surface area contributed by atoms with Gasteiger partial charge in [0.05, 0.1) is 0 Å². The van der Waals surface area contributed by atoms with Gasteiger partial charge in [-0.25, -0.2) is 0 Å². The first-order valence-electron chi connectivity index (χ1n) is 5.82. The van der Waals surface area contributed by atoms with Gasteiger partial charge in [0, 0.05) is 11.1 Å². The van der Waals surface area contributed by atoms with Crippen molar-refractivity contribution in [1.82, 2.24) is 5.32 Å². The van der Waals surface area contributed by atoms with Gasteiger partial charge in [0.2, 0.25) is 0 Å². The van der Waals surface area contributed by atoms with E-state index in [4.69, 9.17) is 11.6 Å². The van der Waals surface area contributed by atoms with Gasteiger partial charge < -0.3 is 5.32 Å². The van der Waals surface area contributed by atoms with E-state index in [1.807, 2.05) is 12.1 Å². The van der Waals surface area contributed by atoms with E-state index in [1.165, 1.54) is 31.4 Å². The van der Waals surface area contributed by atoms with E-state index >= 15 is 0 Å². The zero-order chi connectivity index (χ0) is 10.3. The normalized spacial score (nSPS) is 29.1. The number of nitrogens with one attached hydrogen (secondary N) is 1. The molecule has 0 heterocycles. The molecular weight excluding hydrogens is 206 g/mol. The molecule has 2 saturated carbocycles. The Labute approximate surface area is 95.8 Å². The van der Waals surface area contributed by atoms with Crippen molar-refractivity contribution < 1.29 is 0 Å². The van der Waals surface area contributed by atoms with Crippen molar-refractivity contribution >= 4 is 11.6 Å². The molecule has 2 unspecified atom stereocenters. The van der Waals surface area contributed by atoms with Crippen molar-refractivity contribution in [2.24, 2.45) is 5.92 Å². The van der Waals surface area contributed by atoms with Crippen LogP contribution in [0.25, 0.3) is 0 Å². The van der Waals surface area contributed by atoms with Crippen LogP contribution >= 0.6 is 11.6 Å². The van der Waals surface area contributed by atoms with Gasteiger partial charge in [-0.05, 0) is 55.3 Å². The summed E-state index contributed by atoms with van der Waals surface area (Å²) >= 11 is 5.87. The predicted molar refractivity (Wildman–Crippen MR) is 63.3 cm³/mol. The molecule has 15 heavy (non-hydrogen) atoms. The number of hydrogen-bond donors (Lipinski definition) is 1. The van der Waals surface area contributed by atoms with Gasteiger partial charge >= 0.3 is 0 Å². The first-order chi connectivity index (χ1) is 7.33. The highest BCUT2D eigenvalue weighted by Crippen LogP contribution is 2.47. The third-order valence-electron chi connectivity index (χ3n) is 3.47. The second-order valence-corrected chi connectivity index (χ2v) is 5.27. The summed E-state index contributed by atoms with van der Waals surface area (Å²) in [5.74, 6) is 1.65. The summed E-state index contributed by atoms with van der Waals surface area (Å²) in [6.07, 6.45) is 4.12. The molecule has 1 nitrogen and oxygen atoms in total. The summed E-state index contributed by atoms with van der Waals surface area (Å²) in [5, 5.41) is 4.44. The highest BCUT2D eigenvalue weighted by molar-refractivity contribution is 6.30. The van der Waals surface area contributed by atoms with E-state index in [2.05, 4.69) is 17.4 Å². The highest BCUT2D eigenvalue weighted by Gasteiger charge is 2.38. The summed E-state index contributed by atoms with van der Waals surface area (Å²) in [4.78, 5) is 0. The van der Waals surface area contributed by atoms with Gasteiger partial charge in [0.15, 0.2) is 0 Å². The van der Waals surface area contributed by atoms with Crippen LogP contribution in [-0.2, 0) is 0 Å². The smallest absolute Gasteiger partial charge is 0.0406 e. The second-order valence-electron chi connectivity index (χ2n) is 4.84. The average molecular weight is 222 g/mol. The molecule has 2 atom stereocenters. The molecule has 1 aromatic rings. The summed E-state index contributed by atoms with van der Waals surface area (Å²) < 4.78 is 0. The number of rotatable bonds is 4. The molecule has 0 saturated heterocycles. The SMILES string of the molecule is Clc1ccc(C2CC2CNC2CC2)cc1. The third-order valence-corrected chi connectivity index (χ3v) is 3.72. The summed E-state index contributed by atoms with van der Waals surface area (Å²) in [7, 11) is 0. The van der Waals surface area contributed by atoms with Crippen LogP contribution < -0.4 is 5.32 Å². The molecule has 0 bridgehead atoms. The number of benzene rings is 1. The Balaban J connectivity index is 1.54. The maximum Gasteiger partial charge on any atom is 0.0406 e. The molecule has 3 rings (SSSR count). The van der Waals surface area contributed by atoms with Gasteiger partial charge in [0.25, 0.3) is 0 Å². The van der Waals surface area contributed by atoms with E-state index in [0.717, 1.165) is 22.9 Å². The van der Waals surface area contributed by atoms with Crippen molar-refractivity contribution in [3.8, 4) is 0 Å². The van der Waals surface area contributed by atoms with Crippen molar-refractivity contribution in [2.75, 3.05) is 6.54 Å². The Morgan fingerprint density at radius 3 is 2.60 bits per heavy atom. The van der Waals surface area contributed by atoms with Gasteiger partial charge in [0.1, 0.15) is 0 Å². The molecular formula is C13H16ClN. The van der Waals surface area contributed by atoms with Crippen molar-refractivity contribution in [3.05, 3.63) is 34.9 Å². The zero-order valence-corrected chi connectivity index (χ0v) is 9.50. The minimum absolute atomic E-state index is 0.786. The second kappa shape index (κ2) is 3.80. The first-order valence-corrected chi connectivity index (χ1v) is 6.19. The van der Waals surface area contributed by atoms with Crippen molar-refractivity contribution in [3.63, 3.8) is 0 Å². The lowest BCUT2D eigenvalue weighted by atomic mass is 10.1. The lowest BCUT2D eigenvalue weighted by Crippen LogP contribution is -2.19. The van der Waals surface area contributed by atoms with Crippen molar-refractivity contribution in [2.45, 2.75) is 31.2 Å². The Morgan fingerprint density at radius 2 is 1.93 bits per heavy atom. The van der Waals surface area contributed by atoms with E-state index in [9.17, 15) is 0 Å². The fourth-order valence-electron chi connectivity index (χ4n) is 2.20. The highest BCUT2D eigenvalue weighted by atomic mass is 35.5. The van der Waals surface area contributed by atoms with Crippen LogP contribution in [0.4, 0.5) is 0 Å². The van der Waals surface area contributed by atoms with Crippen LogP contribution in [0.15, 0.2) is 24.3 Å². The topological polar surface area (TPSA) is 12.0 Å². The maximum atomic E-state index is 5.87. The Morgan fingerprint density at radius 1 is 1.20 bits per heavy atom. The third kappa shape index (κ3) is 2.35. The van der Waals surface area contributed by atoms with E-state index in [1.54, 1.807) is 0 Å². The van der Waals surface area contributed by atoms with Gasteiger partial charge in [-0.3, -0.25) is 0 Å². The van der Waals surface area contributed by atoms with Crippen LogP contribution in [0.3, 0.4) is 0 Å². The zero-order valence-electron chi connectivity index (χ0n) is 8.75. The molecule has 2 heteroatoms. The van der Waals surface area contributed by atoms with Crippen LogP contribution in [0, 0.1) is 5.92 Å². The molecule has 0 radical (unpaired) electrons. The Hall–Kier alpha value is -0.530. The summed E-state index contributed by atoms with van der Waals surface area (Å²) in [6, 6.07) is 9.19. The quantitative estimate of drug-likeness (QED) is 0.824. The van der Waals surface area contributed by atoms with Crippen LogP contribution in [0.5, 0.6) is 0 Å². The van der Waals surface area contributed by atoms with E-state index in [0.29, 0.717) is 0 Å². The Bertz CT molecular complexity index is 342. The molecule has 0 aliphatic heterocycles. The minimum Gasteiger partial charge on any atom is -0.314 e. The molecule has 80 valence electrons. The molecule has 2 fully saturated rings. The lowest BCUT2D eigenvalue weighted by Gasteiger charge is -2.02. The minimum atomic E-state index is 0.786. The van der Waals surface area contributed by atoms with Crippen molar-refractivity contribution in [1.29, 1.82) is 0 Å². The maximum absolute atomic E-state index is 5.87. The molecule has 2 aliphatic rings. The molecule has 1 N–H and O–H groups in total. The monoisotopic (exact) mass is 221 g/mol. The van der Waals surface area contributed by atoms with Crippen LogP contribution in [0.1, 0.15) is 30.7 Å². The largest absolute Gasteiger partial charge is 0.314 e. The molecule has 1 aromatic carbocycles. The van der Waals surface area contributed by atoms with Crippen LogP contribution in [0.2, 0.25) is 5.02 Å². The molecule has 2 aliphatic carbocycles. The lowest BCUT2D eigenvalue weighted by molar-refractivity contribution is 0.624. The molecule has 0 spiro atoms. The number of hydrogen-bond acceptors (Lipinski definition) is 1. The van der Waals surface area contributed by atoms with Gasteiger partial charge in [-0.1, -0.05) is 23.7 Å². The van der Waals surface area contributed by atoms with Gasteiger partial charge in [-0.15, -0.1) is 0 Å². The van der Waals surface area contributed by atoms with Gasteiger partial charge in [-0.2, -0.15) is 0 Å². The number of halogens is 1.